The van der Waals surface area contributed by atoms with Gasteiger partial charge < -0.3 is 15.0 Å². The molecule has 0 fully saturated rings. The van der Waals surface area contributed by atoms with Crippen LogP contribution in [-0.4, -0.2) is 35.5 Å². The average Bonchev–Trinajstić information content (AvgIpc) is 2.89. The molecule has 0 aromatic heterocycles. The van der Waals surface area contributed by atoms with Crippen molar-refractivity contribution in [2.24, 2.45) is 10.8 Å². The zero-order chi connectivity index (χ0) is 31.3. The van der Waals surface area contributed by atoms with Crippen LogP contribution in [0.5, 0.6) is 5.75 Å². The van der Waals surface area contributed by atoms with Gasteiger partial charge in [-0.15, -0.1) is 0 Å². The molecule has 7 heteroatoms. The molecule has 0 saturated carbocycles. The van der Waals surface area contributed by atoms with Gasteiger partial charge in [0.2, 0.25) is 0 Å². The largest absolute Gasteiger partial charge is 0.482 e. The fraction of sp³-hybridized carbons (Fsp3) is 0.472. The number of allylic oxidation sites excluding steroid dienone is 4. The van der Waals surface area contributed by atoms with E-state index in [1.54, 1.807) is 12.1 Å². The molecule has 2 aromatic rings. The summed E-state index contributed by atoms with van der Waals surface area (Å²) in [4.78, 5) is 42.8. The molecular weight excluding hydrogens is 560 g/mol. The van der Waals surface area contributed by atoms with E-state index in [2.05, 4.69) is 44.8 Å². The molecule has 2 aromatic carbocycles. The number of carbonyl (C=O) groups excluding carboxylic acids is 3. The molecule has 6 nitrogen and oxygen atoms in total. The minimum Gasteiger partial charge on any atom is -0.482 e. The first kappa shape index (κ1) is 31.1. The molecule has 0 saturated heterocycles. The summed E-state index contributed by atoms with van der Waals surface area (Å²) < 4.78 is 5.83. The average molecular weight is 603 g/mol. The molecule has 43 heavy (non-hydrogen) atoms. The van der Waals surface area contributed by atoms with E-state index < -0.39 is 5.92 Å². The molecule has 1 aliphatic heterocycles. The lowest BCUT2D eigenvalue weighted by Gasteiger charge is -2.49. The van der Waals surface area contributed by atoms with Crippen LogP contribution < -0.4 is 10.1 Å². The summed E-state index contributed by atoms with van der Waals surface area (Å²) in [5.41, 5.74) is 6.82. The molecule has 5 rings (SSSR count). The predicted molar refractivity (Wildman–Crippen MR) is 171 cm³/mol. The number of carbonyl (C=O) groups is 3. The van der Waals surface area contributed by atoms with Gasteiger partial charge in [0.25, 0.3) is 5.91 Å². The Kier molecular flexibility index (Phi) is 8.38. The van der Waals surface area contributed by atoms with Crippen LogP contribution in [-0.2, 0) is 14.4 Å². The third kappa shape index (κ3) is 6.31. The van der Waals surface area contributed by atoms with E-state index in [1.807, 2.05) is 38.1 Å². The van der Waals surface area contributed by atoms with Gasteiger partial charge in [0, 0.05) is 53.5 Å². The second kappa shape index (κ2) is 11.6. The Balaban J connectivity index is 1.49. The zero-order valence-electron chi connectivity index (χ0n) is 26.4. The number of amides is 1. The van der Waals surface area contributed by atoms with Crippen molar-refractivity contribution in [3.63, 3.8) is 0 Å². The first-order chi connectivity index (χ1) is 20.2. The van der Waals surface area contributed by atoms with Crippen LogP contribution in [0.4, 0.5) is 5.69 Å². The number of rotatable bonds is 7. The fourth-order valence-corrected chi connectivity index (χ4v) is 7.13. The molecule has 0 unspecified atom stereocenters. The van der Waals surface area contributed by atoms with Gasteiger partial charge in [0.05, 0.1) is 5.02 Å². The highest BCUT2D eigenvalue weighted by molar-refractivity contribution is 6.32. The summed E-state index contributed by atoms with van der Waals surface area (Å²) in [5, 5.41) is 3.24. The molecule has 3 aliphatic rings. The summed E-state index contributed by atoms with van der Waals surface area (Å²) in [6.45, 7) is 15.2. The van der Waals surface area contributed by atoms with E-state index >= 15 is 0 Å². The van der Waals surface area contributed by atoms with E-state index in [0.29, 0.717) is 23.6 Å². The van der Waals surface area contributed by atoms with Gasteiger partial charge in [0.1, 0.15) is 5.75 Å². The van der Waals surface area contributed by atoms with Crippen molar-refractivity contribution < 1.29 is 19.1 Å². The second-order valence-electron chi connectivity index (χ2n) is 14.0. The van der Waals surface area contributed by atoms with Gasteiger partial charge in [-0.05, 0) is 78.8 Å². The van der Waals surface area contributed by atoms with Crippen LogP contribution in [0, 0.1) is 24.7 Å². The molecule has 0 bridgehead atoms. The first-order valence-corrected chi connectivity index (χ1v) is 15.7. The molecular formula is C36H43ClN2O4. The molecule has 1 heterocycles. The SMILES string of the molecule is CCCN1C2=C(C(=O)CC(C)(C)C2)C(c2ccc(OCC(=O)Nc3cc(C)ccc3C)c(Cl)c2)C2=C1CC(C)(C)CC2=O. The van der Waals surface area contributed by atoms with Crippen molar-refractivity contribution in [1.82, 2.24) is 4.90 Å². The van der Waals surface area contributed by atoms with E-state index in [9.17, 15) is 14.4 Å². The summed E-state index contributed by atoms with van der Waals surface area (Å²) in [7, 11) is 0. The van der Waals surface area contributed by atoms with Gasteiger partial charge in [-0.1, -0.05) is 64.4 Å². The van der Waals surface area contributed by atoms with Crippen molar-refractivity contribution >= 4 is 34.8 Å². The van der Waals surface area contributed by atoms with Gasteiger partial charge in [-0.3, -0.25) is 14.4 Å². The van der Waals surface area contributed by atoms with Crippen LogP contribution in [0.15, 0.2) is 58.9 Å². The van der Waals surface area contributed by atoms with Crippen LogP contribution in [0.3, 0.4) is 0 Å². The zero-order valence-corrected chi connectivity index (χ0v) is 27.2. The Morgan fingerprint density at radius 1 is 0.930 bits per heavy atom. The number of ether oxygens (including phenoxy) is 1. The highest BCUT2D eigenvalue weighted by Crippen LogP contribution is 2.54. The lowest BCUT2D eigenvalue weighted by molar-refractivity contribution is -0.120. The lowest BCUT2D eigenvalue weighted by atomic mass is 9.63. The van der Waals surface area contributed by atoms with Gasteiger partial charge in [0.15, 0.2) is 18.2 Å². The number of halogens is 1. The van der Waals surface area contributed by atoms with Crippen LogP contribution in [0.2, 0.25) is 5.02 Å². The number of hydrogen-bond acceptors (Lipinski definition) is 5. The van der Waals surface area contributed by atoms with Crippen molar-refractivity contribution in [2.75, 3.05) is 18.5 Å². The minimum absolute atomic E-state index is 0.0982. The molecule has 0 atom stereocenters. The lowest BCUT2D eigenvalue weighted by Crippen LogP contribution is -2.44. The Morgan fingerprint density at radius 2 is 1.53 bits per heavy atom. The van der Waals surface area contributed by atoms with Gasteiger partial charge in [-0.2, -0.15) is 0 Å². The molecule has 1 amide bonds. The monoisotopic (exact) mass is 602 g/mol. The fourth-order valence-electron chi connectivity index (χ4n) is 6.89. The van der Waals surface area contributed by atoms with E-state index in [-0.39, 0.29) is 34.9 Å². The molecule has 228 valence electrons. The maximum Gasteiger partial charge on any atom is 0.262 e. The third-order valence-corrected chi connectivity index (χ3v) is 9.08. The highest BCUT2D eigenvalue weighted by atomic mass is 35.5. The minimum atomic E-state index is -0.468. The Morgan fingerprint density at radius 3 is 2.09 bits per heavy atom. The van der Waals surface area contributed by atoms with Crippen LogP contribution >= 0.6 is 11.6 Å². The van der Waals surface area contributed by atoms with Crippen molar-refractivity contribution in [3.8, 4) is 5.75 Å². The van der Waals surface area contributed by atoms with Gasteiger partial charge in [-0.25, -0.2) is 0 Å². The second-order valence-corrected chi connectivity index (χ2v) is 14.4. The number of nitrogens with zero attached hydrogens (tertiary/aromatic N) is 1. The van der Waals surface area contributed by atoms with E-state index in [1.165, 1.54) is 0 Å². The number of aryl methyl sites for hydroxylation is 2. The molecule has 1 N–H and O–H groups in total. The number of hydrogen-bond donors (Lipinski definition) is 1. The molecule has 0 spiro atoms. The highest BCUT2D eigenvalue weighted by Gasteiger charge is 2.48. The standard InChI is InChI=1S/C36H43ClN2O4/c1-8-13-39-26-16-35(4,5)18-28(40)33(26)32(34-27(39)17-36(6,7)19-29(34)41)23-11-12-30(24(37)15-23)43-20-31(42)38-25-14-21(2)9-10-22(25)3/h9-12,14-15,32H,8,13,16-20H2,1-7H3,(H,38,42). The quantitative estimate of drug-likeness (QED) is 0.347. The maximum absolute atomic E-state index is 13.9. The van der Waals surface area contributed by atoms with Gasteiger partial charge >= 0.3 is 0 Å². The van der Waals surface area contributed by atoms with Crippen molar-refractivity contribution in [1.29, 1.82) is 0 Å². The van der Waals surface area contributed by atoms with E-state index in [4.69, 9.17) is 16.3 Å². The summed E-state index contributed by atoms with van der Waals surface area (Å²) in [6, 6.07) is 11.3. The topological polar surface area (TPSA) is 75.7 Å². The van der Waals surface area contributed by atoms with Crippen LogP contribution in [0.25, 0.3) is 0 Å². The molecule has 2 aliphatic carbocycles. The maximum atomic E-state index is 13.9. The summed E-state index contributed by atoms with van der Waals surface area (Å²) in [6.07, 6.45) is 3.35. The van der Waals surface area contributed by atoms with Crippen LogP contribution in [0.1, 0.15) is 89.3 Å². The number of benzene rings is 2. The Labute approximate surface area is 260 Å². The van der Waals surface area contributed by atoms with E-state index in [0.717, 1.165) is 70.7 Å². The predicted octanol–water partition coefficient (Wildman–Crippen LogP) is 8.07. The third-order valence-electron chi connectivity index (χ3n) is 8.78. The van der Waals surface area contributed by atoms with Crippen molar-refractivity contribution in [3.05, 3.63) is 80.7 Å². The number of nitrogens with one attached hydrogen (secondary N) is 1. The normalized spacial score (nSPS) is 19.8. The smallest absolute Gasteiger partial charge is 0.262 e. The first-order valence-electron chi connectivity index (χ1n) is 15.3. The summed E-state index contributed by atoms with van der Waals surface area (Å²) >= 11 is 6.76. The number of Topliss-reactive ketones (excluding diaryl/α,β-unsaturated/α-hetero) is 2. The molecule has 0 radical (unpaired) electrons. The number of anilines is 1. The Bertz CT molecular complexity index is 1510. The number of ketones is 2. The Hall–Kier alpha value is -3.38. The summed E-state index contributed by atoms with van der Waals surface area (Å²) in [5.74, 6) is -0.181. The van der Waals surface area contributed by atoms with Crippen molar-refractivity contribution in [2.45, 2.75) is 86.5 Å².